The number of hydrogen-bond donors (Lipinski definition) is 1. The van der Waals surface area contributed by atoms with Gasteiger partial charge in [-0.2, -0.15) is 0 Å². The van der Waals surface area contributed by atoms with E-state index >= 15 is 0 Å². The summed E-state index contributed by atoms with van der Waals surface area (Å²) < 4.78 is 34.6. The average molecular weight is 1120 g/mol. The van der Waals surface area contributed by atoms with Crippen molar-refractivity contribution < 1.29 is 42.1 Å². The van der Waals surface area contributed by atoms with Crippen molar-refractivity contribution in [1.82, 2.24) is 0 Å². The SMILES string of the molecule is CC/C=C\C/C=C\C/C=C\CCCCCCCC(=O)OCC(COP(=O)(O)OCC[N+](C)(C)C)OC(=O)CCCCCCCCCCCCCCCCCCCCCCCCCC/C=C\C/C=C\C/C=C\CCCCCCC. The zero-order valence-corrected chi connectivity index (χ0v) is 52.5. The number of esters is 2. The van der Waals surface area contributed by atoms with Crippen LogP contribution in [0.25, 0.3) is 0 Å². The van der Waals surface area contributed by atoms with Crippen molar-refractivity contribution in [2.45, 2.75) is 302 Å². The van der Waals surface area contributed by atoms with Crippen LogP contribution in [0.5, 0.6) is 0 Å². The van der Waals surface area contributed by atoms with Gasteiger partial charge in [0, 0.05) is 12.8 Å². The second-order valence-electron chi connectivity index (χ2n) is 23.1. The quantitative estimate of drug-likeness (QED) is 0.0211. The van der Waals surface area contributed by atoms with E-state index in [4.69, 9.17) is 18.5 Å². The molecule has 0 aliphatic carbocycles. The summed E-state index contributed by atoms with van der Waals surface area (Å²) in [5.41, 5.74) is 0. The van der Waals surface area contributed by atoms with Crippen LogP contribution in [0.15, 0.2) is 72.9 Å². The second kappa shape index (κ2) is 59.1. The number of quaternary nitrogens is 1. The highest BCUT2D eigenvalue weighted by Gasteiger charge is 2.27. The van der Waals surface area contributed by atoms with Gasteiger partial charge < -0.3 is 18.9 Å². The molecule has 9 nitrogen and oxygen atoms in total. The summed E-state index contributed by atoms with van der Waals surface area (Å²) in [5, 5.41) is 0. The minimum absolute atomic E-state index is 0.0279. The molecule has 0 aliphatic heterocycles. The molecule has 1 N–H and O–H groups in total. The van der Waals surface area contributed by atoms with E-state index < -0.39 is 26.5 Å². The first-order chi connectivity index (χ1) is 38.0. The van der Waals surface area contributed by atoms with E-state index in [1.54, 1.807) is 0 Å². The molecule has 454 valence electrons. The molecule has 0 bridgehead atoms. The van der Waals surface area contributed by atoms with Gasteiger partial charge in [0.05, 0.1) is 27.7 Å². The number of ether oxygens (including phenoxy) is 2. The van der Waals surface area contributed by atoms with Gasteiger partial charge in [-0.1, -0.05) is 273 Å². The summed E-state index contributed by atoms with van der Waals surface area (Å²) in [6, 6.07) is 0. The molecule has 10 heteroatoms. The van der Waals surface area contributed by atoms with E-state index in [1.807, 2.05) is 21.1 Å². The molecule has 0 spiro atoms. The number of unbranched alkanes of at least 4 members (excludes halogenated alkanes) is 34. The van der Waals surface area contributed by atoms with Gasteiger partial charge in [-0.05, 0) is 83.5 Å². The third-order valence-corrected chi connectivity index (χ3v) is 15.2. The van der Waals surface area contributed by atoms with Crippen LogP contribution in [0.1, 0.15) is 296 Å². The Hall–Kier alpha value is -2.55. The average Bonchev–Trinajstić information content (AvgIpc) is 3.41. The fourth-order valence-electron chi connectivity index (χ4n) is 9.22. The lowest BCUT2D eigenvalue weighted by Gasteiger charge is -2.24. The topological polar surface area (TPSA) is 108 Å². The minimum Gasteiger partial charge on any atom is -0.462 e. The molecule has 0 saturated carbocycles. The minimum atomic E-state index is -4.39. The largest absolute Gasteiger partial charge is 0.472 e. The molecule has 0 saturated heterocycles. The van der Waals surface area contributed by atoms with Crippen LogP contribution in [-0.2, 0) is 32.7 Å². The second-order valence-corrected chi connectivity index (χ2v) is 24.6. The summed E-state index contributed by atoms with van der Waals surface area (Å²) in [6.45, 7) is 4.31. The van der Waals surface area contributed by atoms with Crippen molar-refractivity contribution in [3.05, 3.63) is 72.9 Å². The van der Waals surface area contributed by atoms with Crippen molar-refractivity contribution in [3.63, 3.8) is 0 Å². The van der Waals surface area contributed by atoms with Crippen molar-refractivity contribution in [2.24, 2.45) is 0 Å². The van der Waals surface area contributed by atoms with Crippen LogP contribution in [0.2, 0.25) is 0 Å². The first-order valence-electron chi connectivity index (χ1n) is 32.7. The molecule has 2 atom stereocenters. The Bertz CT molecular complexity index is 1550. The fraction of sp³-hybridized carbons (Fsp3) is 0.794. The Balaban J connectivity index is 3.92. The van der Waals surface area contributed by atoms with Crippen LogP contribution in [0, 0.1) is 0 Å². The van der Waals surface area contributed by atoms with Crippen molar-refractivity contribution in [2.75, 3.05) is 47.5 Å². The third kappa shape index (κ3) is 62.6. The monoisotopic (exact) mass is 1110 g/mol. The van der Waals surface area contributed by atoms with E-state index in [0.717, 1.165) is 83.5 Å². The highest BCUT2D eigenvalue weighted by molar-refractivity contribution is 7.47. The number of phosphoric ester groups is 1. The predicted molar refractivity (Wildman–Crippen MR) is 335 cm³/mol. The highest BCUT2D eigenvalue weighted by atomic mass is 31.2. The number of nitrogens with zero attached hydrogens (tertiary/aromatic N) is 1. The van der Waals surface area contributed by atoms with Gasteiger partial charge in [0.25, 0.3) is 0 Å². The van der Waals surface area contributed by atoms with Gasteiger partial charge in [-0.15, -0.1) is 0 Å². The summed E-state index contributed by atoms with van der Waals surface area (Å²) in [5.74, 6) is -0.809. The molecule has 0 aromatic heterocycles. The zero-order valence-electron chi connectivity index (χ0n) is 51.6. The van der Waals surface area contributed by atoms with E-state index in [0.29, 0.717) is 17.4 Å². The number of likely N-dealkylation sites (N-methyl/N-ethyl adjacent to an activating group) is 1. The molecule has 2 unspecified atom stereocenters. The summed E-state index contributed by atoms with van der Waals surface area (Å²) in [7, 11) is 1.47. The molecule has 0 amide bonds. The third-order valence-electron chi connectivity index (χ3n) is 14.2. The van der Waals surface area contributed by atoms with Crippen LogP contribution in [0.4, 0.5) is 0 Å². The molecular weight excluding hydrogens is 990 g/mol. The molecular formula is C68H125NO8P+. The number of carbonyl (C=O) groups is 2. The number of allylic oxidation sites excluding steroid dienone is 12. The Morgan fingerprint density at radius 3 is 1.09 bits per heavy atom. The van der Waals surface area contributed by atoms with E-state index in [-0.39, 0.29) is 32.0 Å². The maximum absolute atomic E-state index is 12.8. The first kappa shape index (κ1) is 75.5. The maximum Gasteiger partial charge on any atom is 0.472 e. The highest BCUT2D eigenvalue weighted by Crippen LogP contribution is 2.43. The van der Waals surface area contributed by atoms with Crippen molar-refractivity contribution >= 4 is 19.8 Å². The summed E-state index contributed by atoms with van der Waals surface area (Å²) in [4.78, 5) is 35.7. The lowest BCUT2D eigenvalue weighted by molar-refractivity contribution is -0.870. The number of hydrogen-bond acceptors (Lipinski definition) is 7. The predicted octanol–water partition coefficient (Wildman–Crippen LogP) is 20.8. The standard InChI is InChI=1S/C68H124NO8P/c1-6-8-10-12-14-16-18-20-22-23-24-25-26-27-28-29-30-31-32-33-34-35-36-37-38-39-40-41-42-43-44-45-47-49-51-53-55-57-59-61-68(71)77-66(65-76-78(72,73)75-63-62-69(3,4)5)64-74-67(70)60-58-56-54-52-50-48-46-21-19-17-15-13-11-9-7-2/h9,11,15,17-18,20-21,23-24,26-27,46,66H,6-8,10,12-14,16,19,22,25,28-45,47-65H2,1-5H3/p+1/b11-9-,17-15-,20-18-,24-23-,27-26-,46-21-. The van der Waals surface area contributed by atoms with Gasteiger partial charge in [0.2, 0.25) is 0 Å². The zero-order chi connectivity index (χ0) is 57.0. The van der Waals surface area contributed by atoms with Gasteiger partial charge >= 0.3 is 19.8 Å². The molecule has 78 heavy (non-hydrogen) atoms. The molecule has 0 rings (SSSR count). The molecule has 0 radical (unpaired) electrons. The maximum atomic E-state index is 12.8. The first-order valence-corrected chi connectivity index (χ1v) is 34.2. The van der Waals surface area contributed by atoms with Crippen LogP contribution in [-0.4, -0.2) is 74.9 Å². The molecule has 0 aliphatic rings. The Labute approximate surface area is 482 Å². The van der Waals surface area contributed by atoms with Gasteiger partial charge in [-0.3, -0.25) is 18.6 Å². The normalized spacial score (nSPS) is 13.7. The molecule has 0 aromatic carbocycles. The Kier molecular flexibility index (Phi) is 57.2. The molecule has 0 fully saturated rings. The van der Waals surface area contributed by atoms with Gasteiger partial charge in [0.15, 0.2) is 6.10 Å². The van der Waals surface area contributed by atoms with Gasteiger partial charge in [-0.25, -0.2) is 4.57 Å². The van der Waals surface area contributed by atoms with Gasteiger partial charge in [0.1, 0.15) is 19.8 Å². The molecule has 0 aromatic rings. The van der Waals surface area contributed by atoms with Crippen LogP contribution >= 0.6 is 7.82 Å². The fourth-order valence-corrected chi connectivity index (χ4v) is 9.96. The number of carbonyl (C=O) groups excluding carboxylic acids is 2. The Morgan fingerprint density at radius 1 is 0.410 bits per heavy atom. The smallest absolute Gasteiger partial charge is 0.462 e. The van der Waals surface area contributed by atoms with E-state index in [1.165, 1.54) is 180 Å². The summed E-state index contributed by atoms with van der Waals surface area (Å²) >= 11 is 0. The number of rotatable bonds is 60. The number of phosphoric acid groups is 1. The van der Waals surface area contributed by atoms with E-state index in [9.17, 15) is 19.0 Å². The molecule has 0 heterocycles. The Morgan fingerprint density at radius 2 is 0.731 bits per heavy atom. The van der Waals surface area contributed by atoms with Crippen LogP contribution in [0.3, 0.4) is 0 Å². The lowest BCUT2D eigenvalue weighted by atomic mass is 10.0. The summed E-state index contributed by atoms with van der Waals surface area (Å²) in [6.07, 6.45) is 78.8. The van der Waals surface area contributed by atoms with Crippen LogP contribution < -0.4 is 0 Å². The van der Waals surface area contributed by atoms with E-state index in [2.05, 4.69) is 86.8 Å². The van der Waals surface area contributed by atoms with Crippen molar-refractivity contribution in [1.29, 1.82) is 0 Å². The van der Waals surface area contributed by atoms with Crippen molar-refractivity contribution in [3.8, 4) is 0 Å². The lowest BCUT2D eigenvalue weighted by Crippen LogP contribution is -2.37.